The first-order valence-corrected chi connectivity index (χ1v) is 4.45. The molecule has 0 heterocycles. The van der Waals surface area contributed by atoms with Gasteiger partial charge in [-0.05, 0) is 24.3 Å². The van der Waals surface area contributed by atoms with E-state index in [9.17, 15) is 0 Å². The maximum absolute atomic E-state index is 8.41. The maximum Gasteiger partial charge on any atom is 0.0640 e. The van der Waals surface area contributed by atoms with Crippen LogP contribution in [0.1, 0.15) is 6.42 Å². The summed E-state index contributed by atoms with van der Waals surface area (Å²) in [6, 6.07) is 9.69. The second kappa shape index (κ2) is 4.74. The Hall–Kier alpha value is -1.20. The molecular formula is C10H11ClN2. The lowest BCUT2D eigenvalue weighted by Gasteiger charge is -2.17. The number of benzene rings is 1. The van der Waals surface area contributed by atoms with E-state index < -0.39 is 0 Å². The Labute approximate surface area is 83.3 Å². The topological polar surface area (TPSA) is 27.0 Å². The minimum atomic E-state index is 0.541. The van der Waals surface area contributed by atoms with Crippen LogP contribution < -0.4 is 4.90 Å². The van der Waals surface area contributed by atoms with E-state index in [2.05, 4.69) is 6.07 Å². The van der Waals surface area contributed by atoms with Crippen LogP contribution in [0.25, 0.3) is 0 Å². The predicted octanol–water partition coefficient (Wildman–Crippen LogP) is 2.69. The predicted molar refractivity (Wildman–Crippen MR) is 55.0 cm³/mol. The fraction of sp³-hybridized carbons (Fsp3) is 0.300. The molecule has 0 aliphatic heterocycles. The summed E-state index contributed by atoms with van der Waals surface area (Å²) < 4.78 is 0. The van der Waals surface area contributed by atoms with Crippen LogP contribution >= 0.6 is 11.6 Å². The summed E-state index contributed by atoms with van der Waals surface area (Å²) >= 11 is 5.75. The van der Waals surface area contributed by atoms with Crippen molar-refractivity contribution in [1.29, 1.82) is 5.26 Å². The molecule has 0 saturated carbocycles. The van der Waals surface area contributed by atoms with E-state index in [-0.39, 0.29) is 0 Å². The van der Waals surface area contributed by atoms with Crippen LogP contribution in [0.4, 0.5) is 5.69 Å². The number of halogens is 1. The number of rotatable bonds is 3. The minimum absolute atomic E-state index is 0.541. The molecule has 0 unspecified atom stereocenters. The van der Waals surface area contributed by atoms with Crippen molar-refractivity contribution < 1.29 is 0 Å². The van der Waals surface area contributed by atoms with Crippen molar-refractivity contribution in [1.82, 2.24) is 0 Å². The molecule has 0 aliphatic carbocycles. The van der Waals surface area contributed by atoms with E-state index in [1.54, 1.807) is 0 Å². The van der Waals surface area contributed by atoms with E-state index in [1.807, 2.05) is 36.2 Å². The van der Waals surface area contributed by atoms with E-state index in [0.29, 0.717) is 6.42 Å². The Bertz CT molecular complexity index is 300. The molecule has 0 aromatic heterocycles. The molecule has 0 radical (unpaired) electrons. The summed E-state index contributed by atoms with van der Waals surface area (Å²) in [6.07, 6.45) is 0.541. The summed E-state index contributed by atoms with van der Waals surface area (Å²) in [5.41, 5.74) is 1.08. The zero-order valence-corrected chi connectivity index (χ0v) is 8.25. The Morgan fingerprint density at radius 3 is 2.54 bits per heavy atom. The Morgan fingerprint density at radius 2 is 2.00 bits per heavy atom. The number of nitrogens with zero attached hydrogens (tertiary/aromatic N) is 2. The zero-order valence-electron chi connectivity index (χ0n) is 7.50. The van der Waals surface area contributed by atoms with Crippen molar-refractivity contribution in [3.8, 4) is 6.07 Å². The van der Waals surface area contributed by atoms with Gasteiger partial charge in [0.05, 0.1) is 12.5 Å². The van der Waals surface area contributed by atoms with Gasteiger partial charge >= 0.3 is 0 Å². The van der Waals surface area contributed by atoms with Gasteiger partial charge in [-0.15, -0.1) is 0 Å². The van der Waals surface area contributed by atoms with Gasteiger partial charge in [0.25, 0.3) is 0 Å². The lowest BCUT2D eigenvalue weighted by molar-refractivity contribution is 0.905. The number of hydrogen-bond donors (Lipinski definition) is 0. The second-order valence-electron chi connectivity index (χ2n) is 2.81. The van der Waals surface area contributed by atoms with E-state index in [0.717, 1.165) is 17.3 Å². The molecule has 2 nitrogen and oxygen atoms in total. The normalized spacial score (nSPS) is 9.31. The van der Waals surface area contributed by atoms with Crippen LogP contribution in [0.15, 0.2) is 24.3 Å². The highest BCUT2D eigenvalue weighted by Gasteiger charge is 1.98. The highest BCUT2D eigenvalue weighted by Crippen LogP contribution is 2.16. The third kappa shape index (κ3) is 2.96. The average Bonchev–Trinajstić information content (AvgIpc) is 2.15. The van der Waals surface area contributed by atoms with Gasteiger partial charge in [-0.25, -0.2) is 0 Å². The molecule has 0 bridgehead atoms. The number of anilines is 1. The minimum Gasteiger partial charge on any atom is -0.374 e. The first-order chi connectivity index (χ1) is 6.24. The van der Waals surface area contributed by atoms with Crippen LogP contribution in [0.3, 0.4) is 0 Å². The van der Waals surface area contributed by atoms with Crippen molar-refractivity contribution in [2.45, 2.75) is 6.42 Å². The van der Waals surface area contributed by atoms with Crippen LogP contribution in [0, 0.1) is 11.3 Å². The van der Waals surface area contributed by atoms with Gasteiger partial charge in [-0.3, -0.25) is 0 Å². The van der Waals surface area contributed by atoms with E-state index >= 15 is 0 Å². The highest BCUT2D eigenvalue weighted by molar-refractivity contribution is 6.30. The third-order valence-electron chi connectivity index (χ3n) is 1.83. The van der Waals surface area contributed by atoms with Crippen LogP contribution in [0.2, 0.25) is 5.02 Å². The van der Waals surface area contributed by atoms with Gasteiger partial charge in [0.2, 0.25) is 0 Å². The smallest absolute Gasteiger partial charge is 0.0640 e. The molecule has 0 spiro atoms. The monoisotopic (exact) mass is 194 g/mol. The maximum atomic E-state index is 8.41. The Kier molecular flexibility index (Phi) is 3.60. The molecular weight excluding hydrogens is 184 g/mol. The molecule has 0 atom stereocenters. The van der Waals surface area contributed by atoms with Gasteiger partial charge in [0.1, 0.15) is 0 Å². The van der Waals surface area contributed by atoms with Crippen molar-refractivity contribution >= 4 is 17.3 Å². The molecule has 13 heavy (non-hydrogen) atoms. The fourth-order valence-corrected chi connectivity index (χ4v) is 1.17. The van der Waals surface area contributed by atoms with Gasteiger partial charge in [0.15, 0.2) is 0 Å². The molecule has 0 amide bonds. The average molecular weight is 195 g/mol. The molecule has 3 heteroatoms. The van der Waals surface area contributed by atoms with Crippen molar-refractivity contribution in [3.05, 3.63) is 29.3 Å². The number of nitriles is 1. The Morgan fingerprint density at radius 1 is 1.38 bits per heavy atom. The van der Waals surface area contributed by atoms with Crippen LogP contribution in [-0.2, 0) is 0 Å². The van der Waals surface area contributed by atoms with E-state index in [1.165, 1.54) is 0 Å². The third-order valence-corrected chi connectivity index (χ3v) is 2.08. The van der Waals surface area contributed by atoms with Crippen molar-refractivity contribution in [3.63, 3.8) is 0 Å². The summed E-state index contributed by atoms with van der Waals surface area (Å²) in [5, 5.41) is 9.14. The zero-order chi connectivity index (χ0) is 9.68. The molecule has 0 N–H and O–H groups in total. The standard InChI is InChI=1S/C10H11ClN2/c1-13(8-2-7-12)10-5-3-9(11)4-6-10/h3-6H,2,8H2,1H3. The molecule has 0 fully saturated rings. The molecule has 1 aromatic carbocycles. The lowest BCUT2D eigenvalue weighted by atomic mass is 10.3. The SMILES string of the molecule is CN(CCC#N)c1ccc(Cl)cc1. The fourth-order valence-electron chi connectivity index (χ4n) is 1.04. The van der Waals surface area contributed by atoms with Crippen molar-refractivity contribution in [2.75, 3.05) is 18.5 Å². The molecule has 1 aromatic rings. The molecule has 0 saturated heterocycles. The molecule has 68 valence electrons. The quantitative estimate of drug-likeness (QED) is 0.740. The first kappa shape index (κ1) is 9.88. The van der Waals surface area contributed by atoms with Gasteiger partial charge in [0, 0.05) is 24.3 Å². The van der Waals surface area contributed by atoms with Gasteiger partial charge in [-0.1, -0.05) is 11.6 Å². The Balaban J connectivity index is 2.62. The van der Waals surface area contributed by atoms with Crippen molar-refractivity contribution in [2.24, 2.45) is 0 Å². The van der Waals surface area contributed by atoms with Gasteiger partial charge in [-0.2, -0.15) is 5.26 Å². The van der Waals surface area contributed by atoms with E-state index in [4.69, 9.17) is 16.9 Å². The lowest BCUT2D eigenvalue weighted by Crippen LogP contribution is -2.17. The summed E-state index contributed by atoms with van der Waals surface area (Å²) in [6.45, 7) is 0.748. The summed E-state index contributed by atoms with van der Waals surface area (Å²) in [4.78, 5) is 2.03. The summed E-state index contributed by atoms with van der Waals surface area (Å²) in [5.74, 6) is 0. The molecule has 0 aliphatic rings. The highest BCUT2D eigenvalue weighted by atomic mass is 35.5. The summed E-state index contributed by atoms with van der Waals surface area (Å²) in [7, 11) is 1.96. The second-order valence-corrected chi connectivity index (χ2v) is 3.24. The first-order valence-electron chi connectivity index (χ1n) is 4.07. The van der Waals surface area contributed by atoms with Crippen LogP contribution in [-0.4, -0.2) is 13.6 Å². The molecule has 1 rings (SSSR count). The number of hydrogen-bond acceptors (Lipinski definition) is 2. The van der Waals surface area contributed by atoms with Gasteiger partial charge < -0.3 is 4.90 Å². The largest absolute Gasteiger partial charge is 0.374 e. The van der Waals surface area contributed by atoms with Crippen LogP contribution in [0.5, 0.6) is 0 Å².